The summed E-state index contributed by atoms with van der Waals surface area (Å²) < 4.78 is 1.68. The van der Waals surface area contributed by atoms with Crippen molar-refractivity contribution < 1.29 is 4.79 Å². The highest BCUT2D eigenvalue weighted by atomic mass is 16.2. The van der Waals surface area contributed by atoms with E-state index in [0.29, 0.717) is 5.82 Å². The third kappa shape index (κ3) is 2.27. The fourth-order valence-electron chi connectivity index (χ4n) is 2.20. The molecule has 2 aromatic heterocycles. The zero-order valence-corrected chi connectivity index (χ0v) is 11.3. The number of rotatable bonds is 3. The van der Waals surface area contributed by atoms with E-state index < -0.39 is 0 Å². The molecule has 6 heteroatoms. The topological polar surface area (TPSA) is 75.6 Å². The fraction of sp³-hybridized carbons (Fsp3) is 0.214. The Morgan fingerprint density at radius 1 is 1.35 bits per heavy atom. The molecule has 1 amide bonds. The van der Waals surface area contributed by atoms with E-state index in [1.54, 1.807) is 4.68 Å². The zero-order chi connectivity index (χ0) is 14.1. The van der Waals surface area contributed by atoms with Gasteiger partial charge in [0.15, 0.2) is 5.82 Å². The Morgan fingerprint density at radius 3 is 2.90 bits per heavy atom. The molecule has 3 aromatic rings. The second-order valence-electron chi connectivity index (χ2n) is 4.75. The lowest BCUT2D eigenvalue weighted by Gasteiger charge is -2.04. The van der Waals surface area contributed by atoms with Gasteiger partial charge in [-0.25, -0.2) is 0 Å². The maximum absolute atomic E-state index is 12.1. The van der Waals surface area contributed by atoms with E-state index >= 15 is 0 Å². The standard InChI is InChI=1S/C14H15N5O/c1-9-7-10(2)19(18-9)8-13(20)15-14-11-5-3-4-6-12(11)16-17-14/h3-7H,8H2,1-2H3,(H2,15,16,17,20). The van der Waals surface area contributed by atoms with Gasteiger partial charge in [0.2, 0.25) is 5.91 Å². The number of fused-ring (bicyclic) bond motifs is 1. The second-order valence-corrected chi connectivity index (χ2v) is 4.75. The quantitative estimate of drug-likeness (QED) is 0.763. The van der Waals surface area contributed by atoms with Crippen LogP contribution in [-0.2, 0) is 11.3 Å². The van der Waals surface area contributed by atoms with Crippen LogP contribution in [0.3, 0.4) is 0 Å². The number of benzene rings is 1. The summed E-state index contributed by atoms with van der Waals surface area (Å²) in [6.45, 7) is 4.01. The fourth-order valence-corrected chi connectivity index (χ4v) is 2.20. The number of hydrogen-bond acceptors (Lipinski definition) is 3. The van der Waals surface area contributed by atoms with Crippen LogP contribution in [0.15, 0.2) is 30.3 Å². The highest BCUT2D eigenvalue weighted by Crippen LogP contribution is 2.19. The Balaban J connectivity index is 1.77. The number of nitrogens with one attached hydrogen (secondary N) is 2. The first-order chi connectivity index (χ1) is 9.63. The number of anilines is 1. The highest BCUT2D eigenvalue weighted by Gasteiger charge is 2.11. The first-order valence-corrected chi connectivity index (χ1v) is 6.37. The summed E-state index contributed by atoms with van der Waals surface area (Å²) in [6.07, 6.45) is 0. The van der Waals surface area contributed by atoms with Crippen LogP contribution >= 0.6 is 0 Å². The average molecular weight is 269 g/mol. The number of carbonyl (C=O) groups is 1. The molecule has 3 rings (SSSR count). The molecule has 0 aliphatic rings. The van der Waals surface area contributed by atoms with Gasteiger partial charge >= 0.3 is 0 Å². The number of para-hydroxylation sites is 1. The van der Waals surface area contributed by atoms with Crippen molar-refractivity contribution in [1.82, 2.24) is 20.0 Å². The smallest absolute Gasteiger partial charge is 0.247 e. The predicted molar refractivity (Wildman–Crippen MR) is 76.4 cm³/mol. The van der Waals surface area contributed by atoms with E-state index in [9.17, 15) is 4.79 Å². The van der Waals surface area contributed by atoms with Crippen molar-refractivity contribution >= 4 is 22.6 Å². The summed E-state index contributed by atoms with van der Waals surface area (Å²) in [4.78, 5) is 12.1. The molecule has 0 aliphatic carbocycles. The van der Waals surface area contributed by atoms with E-state index in [1.165, 1.54) is 0 Å². The van der Waals surface area contributed by atoms with Crippen LogP contribution in [0.1, 0.15) is 11.4 Å². The number of hydrogen-bond donors (Lipinski definition) is 2. The van der Waals surface area contributed by atoms with Gasteiger partial charge in [-0.1, -0.05) is 12.1 Å². The van der Waals surface area contributed by atoms with Crippen LogP contribution in [0.4, 0.5) is 5.82 Å². The zero-order valence-electron chi connectivity index (χ0n) is 11.3. The van der Waals surface area contributed by atoms with Crippen molar-refractivity contribution in [2.75, 3.05) is 5.32 Å². The molecule has 2 heterocycles. The summed E-state index contributed by atoms with van der Waals surface area (Å²) in [6, 6.07) is 9.60. The Hall–Kier alpha value is -2.63. The van der Waals surface area contributed by atoms with Crippen LogP contribution in [0.2, 0.25) is 0 Å². The summed E-state index contributed by atoms with van der Waals surface area (Å²) in [5, 5.41) is 15.0. The van der Waals surface area contributed by atoms with E-state index in [4.69, 9.17) is 0 Å². The van der Waals surface area contributed by atoms with Crippen LogP contribution in [0, 0.1) is 13.8 Å². The van der Waals surface area contributed by atoms with Gasteiger partial charge in [-0.05, 0) is 32.0 Å². The minimum absolute atomic E-state index is 0.145. The second kappa shape index (κ2) is 4.80. The molecule has 0 saturated heterocycles. The normalized spacial score (nSPS) is 10.9. The first-order valence-electron chi connectivity index (χ1n) is 6.37. The molecule has 20 heavy (non-hydrogen) atoms. The van der Waals surface area contributed by atoms with Gasteiger partial charge in [0.05, 0.1) is 11.2 Å². The van der Waals surface area contributed by atoms with E-state index in [2.05, 4.69) is 20.6 Å². The number of nitrogens with zero attached hydrogens (tertiary/aromatic N) is 3. The minimum Gasteiger partial charge on any atom is -0.307 e. The molecule has 0 spiro atoms. The summed E-state index contributed by atoms with van der Waals surface area (Å²) >= 11 is 0. The first kappa shape index (κ1) is 12.4. The number of aryl methyl sites for hydroxylation is 2. The Kier molecular flexibility index (Phi) is 2.98. The highest BCUT2D eigenvalue weighted by molar-refractivity contribution is 5.99. The van der Waals surface area contributed by atoms with Crippen LogP contribution in [0.25, 0.3) is 10.9 Å². The Bertz CT molecular complexity index is 771. The average Bonchev–Trinajstić information content (AvgIpc) is 2.94. The molecule has 0 atom stereocenters. The molecule has 0 bridgehead atoms. The monoisotopic (exact) mass is 269 g/mol. The van der Waals surface area contributed by atoms with Gasteiger partial charge in [-0.2, -0.15) is 10.2 Å². The van der Waals surface area contributed by atoms with Gasteiger partial charge in [-0.3, -0.25) is 14.6 Å². The van der Waals surface area contributed by atoms with Gasteiger partial charge in [-0.15, -0.1) is 0 Å². The van der Waals surface area contributed by atoms with Gasteiger partial charge in [0.1, 0.15) is 6.54 Å². The van der Waals surface area contributed by atoms with Gasteiger partial charge < -0.3 is 5.32 Å². The molecular weight excluding hydrogens is 254 g/mol. The van der Waals surface area contributed by atoms with Crippen LogP contribution in [-0.4, -0.2) is 25.9 Å². The lowest BCUT2D eigenvalue weighted by atomic mass is 10.2. The van der Waals surface area contributed by atoms with E-state index in [-0.39, 0.29) is 12.5 Å². The molecular formula is C14H15N5O. The molecule has 102 valence electrons. The third-order valence-electron chi connectivity index (χ3n) is 3.12. The van der Waals surface area contributed by atoms with E-state index in [0.717, 1.165) is 22.3 Å². The molecule has 2 N–H and O–H groups in total. The van der Waals surface area contributed by atoms with Crippen molar-refractivity contribution in [2.45, 2.75) is 20.4 Å². The molecule has 0 saturated carbocycles. The maximum atomic E-state index is 12.1. The largest absolute Gasteiger partial charge is 0.307 e. The predicted octanol–water partition coefficient (Wildman–Crippen LogP) is 2.01. The lowest BCUT2D eigenvalue weighted by Crippen LogP contribution is -2.20. The maximum Gasteiger partial charge on any atom is 0.247 e. The Morgan fingerprint density at radius 2 is 2.15 bits per heavy atom. The van der Waals surface area contributed by atoms with Crippen LogP contribution in [0.5, 0.6) is 0 Å². The SMILES string of the molecule is Cc1cc(C)n(CC(=O)Nc2n[nH]c3ccccc23)n1. The van der Waals surface area contributed by atoms with Crippen molar-refractivity contribution in [2.24, 2.45) is 0 Å². The summed E-state index contributed by atoms with van der Waals surface area (Å²) in [7, 11) is 0. The van der Waals surface area contributed by atoms with Crippen LogP contribution < -0.4 is 5.32 Å². The van der Waals surface area contributed by atoms with E-state index in [1.807, 2.05) is 44.2 Å². The number of aromatic amines is 1. The number of aromatic nitrogens is 4. The van der Waals surface area contributed by atoms with Crippen molar-refractivity contribution in [3.63, 3.8) is 0 Å². The van der Waals surface area contributed by atoms with Crippen molar-refractivity contribution in [3.8, 4) is 0 Å². The molecule has 0 aliphatic heterocycles. The van der Waals surface area contributed by atoms with Gasteiger partial charge in [0.25, 0.3) is 0 Å². The number of amides is 1. The Labute approximate surface area is 115 Å². The molecule has 0 unspecified atom stereocenters. The minimum atomic E-state index is -0.145. The number of carbonyl (C=O) groups excluding carboxylic acids is 1. The van der Waals surface area contributed by atoms with Gasteiger partial charge in [0, 0.05) is 11.1 Å². The van der Waals surface area contributed by atoms with Crippen molar-refractivity contribution in [1.29, 1.82) is 0 Å². The molecule has 0 fully saturated rings. The molecule has 1 aromatic carbocycles. The molecule has 0 radical (unpaired) electrons. The third-order valence-corrected chi connectivity index (χ3v) is 3.12. The lowest BCUT2D eigenvalue weighted by molar-refractivity contribution is -0.117. The number of H-pyrrole nitrogens is 1. The van der Waals surface area contributed by atoms with Crippen molar-refractivity contribution in [3.05, 3.63) is 41.7 Å². The molecule has 6 nitrogen and oxygen atoms in total. The summed E-state index contributed by atoms with van der Waals surface area (Å²) in [5.74, 6) is 0.403. The summed E-state index contributed by atoms with van der Waals surface area (Å²) in [5.41, 5.74) is 2.76.